The van der Waals surface area contributed by atoms with Crippen LogP contribution in [-0.2, 0) is 27.2 Å². The summed E-state index contributed by atoms with van der Waals surface area (Å²) in [6.07, 6.45) is 16.0. The molecule has 0 atom stereocenters. The summed E-state index contributed by atoms with van der Waals surface area (Å²) >= 11 is -1.12. The standard InChI is InChI=1S/C5H5.C3H3.2CO.Mo/c1-2-4-5-3-1;1-2-3-1;2*1-2;/h1-3H,4H2;1H,2H2;;;/q2*-1;;;+2. The van der Waals surface area contributed by atoms with Gasteiger partial charge >= 0.3 is 35.8 Å². The first-order valence-corrected chi connectivity index (χ1v) is 5.59. The zero-order chi connectivity index (χ0) is 9.78. The van der Waals surface area contributed by atoms with E-state index < -0.39 is 17.6 Å². The van der Waals surface area contributed by atoms with Crippen molar-refractivity contribution in [1.82, 2.24) is 0 Å². The van der Waals surface area contributed by atoms with Crippen LogP contribution in [0.4, 0.5) is 0 Å². The number of hydrogen-bond acceptors (Lipinski definition) is 2. The zero-order valence-corrected chi connectivity index (χ0v) is 8.96. The van der Waals surface area contributed by atoms with Crippen LogP contribution in [0.1, 0.15) is 12.8 Å². The average Bonchev–Trinajstić information content (AvgIpc) is 2.91. The molecule has 0 fully saturated rings. The minimum atomic E-state index is -1.12. The molecular weight excluding hydrogens is 248 g/mol. The minimum absolute atomic E-state index is 1.01. The molecule has 0 saturated heterocycles. The van der Waals surface area contributed by atoms with Crippen LogP contribution in [0.15, 0.2) is 24.3 Å². The Balaban J connectivity index is 0.000000171. The smallest absolute Gasteiger partial charge is 0.109 e. The van der Waals surface area contributed by atoms with Crippen molar-refractivity contribution in [1.29, 1.82) is 0 Å². The third-order valence-electron chi connectivity index (χ3n) is 0.873. The van der Waals surface area contributed by atoms with Crippen molar-refractivity contribution in [2.45, 2.75) is 12.8 Å². The fraction of sp³-hybridized carbons (Fsp3) is 0.200. The van der Waals surface area contributed by atoms with Gasteiger partial charge in [0.1, 0.15) is 0 Å². The molecule has 13 heavy (non-hydrogen) atoms. The molecule has 0 radical (unpaired) electrons. The van der Waals surface area contributed by atoms with Crippen LogP contribution in [0.3, 0.4) is 0 Å². The summed E-state index contributed by atoms with van der Waals surface area (Å²) in [4.78, 5) is 18.2. The van der Waals surface area contributed by atoms with Gasteiger partial charge in [0.05, 0.1) is 0 Å². The summed E-state index contributed by atoms with van der Waals surface area (Å²) in [5, 5.41) is 0. The van der Waals surface area contributed by atoms with Crippen LogP contribution >= 0.6 is 0 Å². The second kappa shape index (κ2) is 11.1. The van der Waals surface area contributed by atoms with Crippen LogP contribution in [0, 0.1) is 12.2 Å². The number of allylic oxidation sites excluding steroid dienone is 6. The van der Waals surface area contributed by atoms with Gasteiger partial charge in [-0.3, -0.25) is 12.2 Å². The summed E-state index contributed by atoms with van der Waals surface area (Å²) in [6, 6.07) is 0. The number of hydrogen-bond donors (Lipinski definition) is 0. The topological polar surface area (TPSA) is 34.1 Å². The van der Waals surface area contributed by atoms with Gasteiger partial charge in [-0.25, -0.2) is 18.6 Å². The van der Waals surface area contributed by atoms with Gasteiger partial charge in [0, 0.05) is 0 Å². The molecule has 0 heterocycles. The Hall–Kier alpha value is -0.932. The van der Waals surface area contributed by atoms with E-state index in [0.717, 1.165) is 12.8 Å². The fourth-order valence-corrected chi connectivity index (χ4v) is 0.441. The van der Waals surface area contributed by atoms with Crippen molar-refractivity contribution in [3.05, 3.63) is 36.5 Å². The van der Waals surface area contributed by atoms with Gasteiger partial charge in [0.15, 0.2) is 0 Å². The van der Waals surface area contributed by atoms with E-state index in [9.17, 15) is 0 Å². The fourth-order valence-electron chi connectivity index (χ4n) is 0.357. The Bertz CT molecular complexity index is 284. The maximum atomic E-state index is 9.08. The third-order valence-corrected chi connectivity index (χ3v) is 1.28. The summed E-state index contributed by atoms with van der Waals surface area (Å²) in [5.41, 5.74) is 0. The predicted octanol–water partition coefficient (Wildman–Crippen LogP) is 1.26. The Labute approximate surface area is 85.2 Å². The Morgan fingerprint density at radius 3 is 1.85 bits per heavy atom. The molecule has 0 aliphatic heterocycles. The van der Waals surface area contributed by atoms with E-state index in [0.29, 0.717) is 0 Å². The molecule has 3 heteroatoms. The molecule has 2 rings (SSSR count). The van der Waals surface area contributed by atoms with Gasteiger partial charge in [-0.1, -0.05) is 0 Å². The molecule has 0 bridgehead atoms. The molecule has 0 spiro atoms. The molecule has 0 aromatic carbocycles. The zero-order valence-electron chi connectivity index (χ0n) is 6.95. The van der Waals surface area contributed by atoms with Crippen molar-refractivity contribution in [3.8, 4) is 0 Å². The molecule has 0 N–H and O–H groups in total. The predicted molar refractivity (Wildman–Crippen MR) is 45.4 cm³/mol. The monoisotopic (exact) mass is 258 g/mol. The first kappa shape index (κ1) is 12.1. The summed E-state index contributed by atoms with van der Waals surface area (Å²) in [5.74, 6) is 0. The maximum Gasteiger partial charge on any atom is -0.109 e. The summed E-state index contributed by atoms with van der Waals surface area (Å²) in [6.45, 7) is 0. The van der Waals surface area contributed by atoms with E-state index in [4.69, 9.17) is 9.59 Å². The SMILES string of the molecule is O=[C]=[Mo+2]=[C]=O.[C-]1=CC1.[C-]1=CC=CC1. The van der Waals surface area contributed by atoms with Crippen molar-refractivity contribution in [2.24, 2.45) is 0 Å². The second-order valence-corrected chi connectivity index (χ2v) is 3.21. The molecule has 2 aliphatic rings. The van der Waals surface area contributed by atoms with Gasteiger partial charge in [0.2, 0.25) is 0 Å². The molecule has 2 nitrogen and oxygen atoms in total. The molecule has 0 aromatic rings. The molecule has 0 amide bonds. The van der Waals surface area contributed by atoms with E-state index >= 15 is 0 Å². The van der Waals surface area contributed by atoms with Gasteiger partial charge in [0.25, 0.3) is 0 Å². The molecular formula is C10H8MoO2. The maximum absolute atomic E-state index is 9.08. The van der Waals surface area contributed by atoms with Crippen LogP contribution < -0.4 is 0 Å². The van der Waals surface area contributed by atoms with E-state index in [1.165, 1.54) is 8.53 Å². The quantitative estimate of drug-likeness (QED) is 0.483. The van der Waals surface area contributed by atoms with Crippen molar-refractivity contribution >= 4 is 8.53 Å². The molecule has 66 valence electrons. The Morgan fingerprint density at radius 2 is 1.77 bits per heavy atom. The van der Waals surface area contributed by atoms with Crippen LogP contribution in [0.5, 0.6) is 0 Å². The van der Waals surface area contributed by atoms with Crippen molar-refractivity contribution in [2.75, 3.05) is 0 Å². The first-order valence-electron chi connectivity index (χ1n) is 3.58. The number of carbonyl (C=O) groups excluding carboxylic acids is 2. The summed E-state index contributed by atoms with van der Waals surface area (Å²) < 4.78 is 2.95. The average molecular weight is 256 g/mol. The Kier molecular flexibility index (Phi) is 10.3. The summed E-state index contributed by atoms with van der Waals surface area (Å²) in [7, 11) is 0. The van der Waals surface area contributed by atoms with Gasteiger partial charge in [-0.05, 0) is 0 Å². The van der Waals surface area contributed by atoms with Crippen LogP contribution in [0.2, 0.25) is 0 Å². The Morgan fingerprint density at radius 1 is 1.15 bits per heavy atom. The molecule has 0 unspecified atom stereocenters. The first-order chi connectivity index (χ1) is 6.41. The molecule has 0 saturated carbocycles. The molecule has 0 aromatic heterocycles. The van der Waals surface area contributed by atoms with Crippen molar-refractivity contribution < 1.29 is 27.2 Å². The van der Waals surface area contributed by atoms with E-state index in [1.54, 1.807) is 0 Å². The van der Waals surface area contributed by atoms with E-state index in [-0.39, 0.29) is 0 Å². The minimum Gasteiger partial charge on any atom is -0.502 e. The number of rotatable bonds is 0. The third kappa shape index (κ3) is 18.2. The van der Waals surface area contributed by atoms with Gasteiger partial charge in [-0.15, -0.1) is 6.42 Å². The second-order valence-electron chi connectivity index (χ2n) is 1.88. The van der Waals surface area contributed by atoms with Gasteiger partial charge < -0.3 is 6.08 Å². The molecule has 2 aliphatic carbocycles. The van der Waals surface area contributed by atoms with E-state index in [2.05, 4.69) is 18.2 Å². The van der Waals surface area contributed by atoms with Crippen LogP contribution in [0.25, 0.3) is 0 Å². The largest absolute Gasteiger partial charge is 0.502 e. The van der Waals surface area contributed by atoms with E-state index in [1.807, 2.05) is 18.2 Å². The normalized spacial score (nSPS) is 12.3. The van der Waals surface area contributed by atoms with Crippen molar-refractivity contribution in [3.63, 3.8) is 0 Å². The van der Waals surface area contributed by atoms with Gasteiger partial charge in [-0.2, -0.15) is 6.08 Å². The van der Waals surface area contributed by atoms with Crippen LogP contribution in [-0.4, -0.2) is 8.53 Å².